The summed E-state index contributed by atoms with van der Waals surface area (Å²) in [6, 6.07) is 16.7. The lowest BCUT2D eigenvalue weighted by molar-refractivity contribution is -0.142. The molecule has 144 valence electrons. The zero-order valence-corrected chi connectivity index (χ0v) is 16.3. The first-order valence-corrected chi connectivity index (χ1v) is 9.35. The second-order valence-electron chi connectivity index (χ2n) is 6.43. The number of carbonyl (C=O) groups excluding carboxylic acids is 2. The molecule has 5 heteroatoms. The van der Waals surface area contributed by atoms with E-state index in [-0.39, 0.29) is 18.4 Å². The third-order valence-corrected chi connectivity index (χ3v) is 4.28. The summed E-state index contributed by atoms with van der Waals surface area (Å²) in [5.74, 6) is 0.298. The average Bonchev–Trinajstić information content (AvgIpc) is 2.67. The van der Waals surface area contributed by atoms with E-state index in [9.17, 15) is 9.59 Å². The number of benzene rings is 2. The zero-order chi connectivity index (χ0) is 19.6. The lowest BCUT2D eigenvalue weighted by Gasteiger charge is -2.30. The molecular formula is C22H28N2O3. The van der Waals surface area contributed by atoms with E-state index in [2.05, 4.69) is 5.32 Å². The van der Waals surface area contributed by atoms with Crippen LogP contribution < -0.4 is 10.1 Å². The highest BCUT2D eigenvalue weighted by Gasteiger charge is 2.28. The number of carbonyl (C=O) groups is 2. The summed E-state index contributed by atoms with van der Waals surface area (Å²) in [5.41, 5.74) is 2.04. The molecule has 0 bridgehead atoms. The van der Waals surface area contributed by atoms with Crippen LogP contribution in [0.1, 0.15) is 31.4 Å². The van der Waals surface area contributed by atoms with Crippen LogP contribution in [0, 0.1) is 6.92 Å². The van der Waals surface area contributed by atoms with Gasteiger partial charge in [-0.1, -0.05) is 49.4 Å². The number of likely N-dealkylation sites (N-methyl/N-ethyl adjacent to an activating group) is 1. The van der Waals surface area contributed by atoms with Gasteiger partial charge in [-0.05, 0) is 43.5 Å². The Morgan fingerprint density at radius 2 is 1.81 bits per heavy atom. The third kappa shape index (κ3) is 6.13. The summed E-state index contributed by atoms with van der Waals surface area (Å²) in [6.07, 6.45) is 0.537. The van der Waals surface area contributed by atoms with Crippen LogP contribution in [0.25, 0.3) is 0 Å². The van der Waals surface area contributed by atoms with Gasteiger partial charge in [-0.15, -0.1) is 0 Å². The Hall–Kier alpha value is -2.82. The maximum Gasteiger partial charge on any atom is 0.261 e. The van der Waals surface area contributed by atoms with E-state index in [1.807, 2.05) is 75.4 Å². The Kier molecular flexibility index (Phi) is 7.86. The van der Waals surface area contributed by atoms with Crippen LogP contribution in [0.4, 0.5) is 0 Å². The predicted molar refractivity (Wildman–Crippen MR) is 106 cm³/mol. The number of nitrogens with zero attached hydrogens (tertiary/aromatic N) is 1. The molecule has 2 rings (SSSR count). The van der Waals surface area contributed by atoms with Gasteiger partial charge in [0, 0.05) is 13.1 Å². The normalized spacial score (nSPS) is 11.5. The fourth-order valence-corrected chi connectivity index (χ4v) is 2.92. The smallest absolute Gasteiger partial charge is 0.261 e. The molecule has 0 aliphatic rings. The second-order valence-corrected chi connectivity index (χ2v) is 6.43. The van der Waals surface area contributed by atoms with Gasteiger partial charge in [0.2, 0.25) is 5.91 Å². The van der Waals surface area contributed by atoms with E-state index in [0.29, 0.717) is 25.3 Å². The van der Waals surface area contributed by atoms with Crippen molar-refractivity contribution in [3.63, 3.8) is 0 Å². The van der Waals surface area contributed by atoms with Gasteiger partial charge in [0.05, 0.1) is 0 Å². The van der Waals surface area contributed by atoms with Gasteiger partial charge in [0.25, 0.3) is 5.91 Å². The molecule has 0 aliphatic carbocycles. The number of hydrogen-bond donors (Lipinski definition) is 1. The molecule has 2 amide bonds. The minimum absolute atomic E-state index is 0.105. The summed E-state index contributed by atoms with van der Waals surface area (Å²) in [6.45, 7) is 6.54. The number of aryl methyl sites for hydroxylation is 1. The molecule has 0 heterocycles. The molecule has 0 fully saturated rings. The molecule has 0 aliphatic heterocycles. The molecule has 0 aromatic heterocycles. The van der Waals surface area contributed by atoms with E-state index in [0.717, 1.165) is 11.1 Å². The van der Waals surface area contributed by atoms with Crippen LogP contribution in [0.15, 0.2) is 54.6 Å². The fourth-order valence-electron chi connectivity index (χ4n) is 2.92. The summed E-state index contributed by atoms with van der Waals surface area (Å²) >= 11 is 0. The van der Waals surface area contributed by atoms with Crippen molar-refractivity contribution in [1.82, 2.24) is 10.2 Å². The van der Waals surface area contributed by atoms with Crippen LogP contribution in [0.2, 0.25) is 0 Å². The van der Waals surface area contributed by atoms with Crippen LogP contribution in [-0.2, 0) is 16.1 Å². The van der Waals surface area contributed by atoms with E-state index >= 15 is 0 Å². The van der Waals surface area contributed by atoms with Crippen LogP contribution in [0.3, 0.4) is 0 Å². The molecule has 0 unspecified atom stereocenters. The van der Waals surface area contributed by atoms with Crippen molar-refractivity contribution >= 4 is 11.8 Å². The molecule has 0 radical (unpaired) electrons. The Labute approximate surface area is 161 Å². The lowest BCUT2D eigenvalue weighted by atomic mass is 10.1. The number of rotatable bonds is 9. The maximum atomic E-state index is 12.9. The summed E-state index contributed by atoms with van der Waals surface area (Å²) in [4.78, 5) is 27.0. The van der Waals surface area contributed by atoms with Crippen LogP contribution in [0.5, 0.6) is 5.75 Å². The van der Waals surface area contributed by atoms with E-state index in [4.69, 9.17) is 4.74 Å². The number of hydrogen-bond acceptors (Lipinski definition) is 3. The number of amides is 2. The van der Waals surface area contributed by atoms with Gasteiger partial charge in [-0.3, -0.25) is 9.59 Å². The van der Waals surface area contributed by atoms with Crippen molar-refractivity contribution in [3.8, 4) is 5.75 Å². The zero-order valence-electron chi connectivity index (χ0n) is 16.3. The third-order valence-electron chi connectivity index (χ3n) is 4.28. The lowest BCUT2D eigenvalue weighted by Crippen LogP contribution is -2.50. The average molecular weight is 368 g/mol. The van der Waals surface area contributed by atoms with Gasteiger partial charge < -0.3 is 15.0 Å². The van der Waals surface area contributed by atoms with Gasteiger partial charge in [0.1, 0.15) is 11.8 Å². The Bertz CT molecular complexity index is 746. The fraction of sp³-hybridized carbons (Fsp3) is 0.364. The Balaban J connectivity index is 2.16. The highest BCUT2D eigenvalue weighted by molar-refractivity contribution is 5.88. The van der Waals surface area contributed by atoms with Crippen LogP contribution >= 0.6 is 0 Å². The molecule has 0 spiro atoms. The predicted octanol–water partition coefficient (Wildman–Crippen LogP) is 3.32. The molecule has 2 aromatic rings. The van der Waals surface area contributed by atoms with E-state index < -0.39 is 6.04 Å². The van der Waals surface area contributed by atoms with Crippen molar-refractivity contribution in [3.05, 3.63) is 65.7 Å². The summed E-state index contributed by atoms with van der Waals surface area (Å²) < 4.78 is 5.68. The standard InChI is InChI=1S/C22H28N2O3/c1-4-20(22(26)23-5-2)24(15-18-11-7-6-8-12-18)21(25)16-27-19-13-9-10-17(3)14-19/h6-14,20H,4-5,15-16H2,1-3H3,(H,23,26)/t20-/m0/s1. The number of nitrogens with one attached hydrogen (secondary N) is 1. The summed E-state index contributed by atoms with van der Waals surface area (Å²) in [5, 5.41) is 2.83. The Morgan fingerprint density at radius 1 is 1.07 bits per heavy atom. The molecule has 1 atom stereocenters. The second kappa shape index (κ2) is 10.4. The number of ether oxygens (including phenoxy) is 1. The molecular weight excluding hydrogens is 340 g/mol. The molecule has 5 nitrogen and oxygen atoms in total. The highest BCUT2D eigenvalue weighted by Crippen LogP contribution is 2.15. The van der Waals surface area contributed by atoms with Gasteiger partial charge in [-0.25, -0.2) is 0 Å². The van der Waals surface area contributed by atoms with E-state index in [1.165, 1.54) is 0 Å². The SMILES string of the molecule is CCNC(=O)[C@H](CC)N(Cc1ccccc1)C(=O)COc1cccc(C)c1. The van der Waals surface area contributed by atoms with Crippen molar-refractivity contribution in [1.29, 1.82) is 0 Å². The minimum atomic E-state index is -0.529. The Morgan fingerprint density at radius 3 is 2.44 bits per heavy atom. The van der Waals surface area contributed by atoms with E-state index in [1.54, 1.807) is 4.90 Å². The van der Waals surface area contributed by atoms with Crippen LogP contribution in [-0.4, -0.2) is 35.9 Å². The summed E-state index contributed by atoms with van der Waals surface area (Å²) in [7, 11) is 0. The first-order valence-electron chi connectivity index (χ1n) is 9.35. The van der Waals surface area contributed by atoms with Gasteiger partial charge >= 0.3 is 0 Å². The maximum absolute atomic E-state index is 12.9. The first-order chi connectivity index (χ1) is 13.0. The molecule has 1 N–H and O–H groups in total. The van der Waals surface area contributed by atoms with Gasteiger partial charge in [-0.2, -0.15) is 0 Å². The van der Waals surface area contributed by atoms with Crippen molar-refractivity contribution in [2.24, 2.45) is 0 Å². The van der Waals surface area contributed by atoms with Crippen molar-refractivity contribution in [2.45, 2.75) is 39.8 Å². The molecule has 27 heavy (non-hydrogen) atoms. The monoisotopic (exact) mass is 368 g/mol. The van der Waals surface area contributed by atoms with Crippen molar-refractivity contribution < 1.29 is 14.3 Å². The quantitative estimate of drug-likeness (QED) is 0.739. The minimum Gasteiger partial charge on any atom is -0.484 e. The molecule has 0 saturated heterocycles. The van der Waals surface area contributed by atoms with Crippen molar-refractivity contribution in [2.75, 3.05) is 13.2 Å². The highest BCUT2D eigenvalue weighted by atomic mass is 16.5. The largest absolute Gasteiger partial charge is 0.484 e. The topological polar surface area (TPSA) is 58.6 Å². The molecule has 2 aromatic carbocycles. The van der Waals surface area contributed by atoms with Gasteiger partial charge in [0.15, 0.2) is 6.61 Å². The molecule has 0 saturated carbocycles. The first kappa shape index (κ1) is 20.5.